The Balaban J connectivity index is 1.52. The van der Waals surface area contributed by atoms with E-state index in [2.05, 4.69) is 17.2 Å². The van der Waals surface area contributed by atoms with Crippen LogP contribution in [0.15, 0.2) is 51.3 Å². The largest absolute Gasteiger partial charge is 0.325 e. The topological polar surface area (TPSA) is 144 Å². The molecule has 1 aromatic heterocycles. The van der Waals surface area contributed by atoms with Gasteiger partial charge in [-0.2, -0.15) is 4.31 Å². The molecule has 0 aliphatic carbocycles. The predicted molar refractivity (Wildman–Crippen MR) is 149 cm³/mol. The summed E-state index contributed by atoms with van der Waals surface area (Å²) in [4.78, 5) is 17.6. The summed E-state index contributed by atoms with van der Waals surface area (Å²) in [6, 6.07) is 9.38. The second-order valence-corrected chi connectivity index (χ2v) is 13.8. The molecule has 0 saturated carbocycles. The third-order valence-electron chi connectivity index (χ3n) is 6.52. The number of fused-ring (bicyclic) bond motifs is 1. The number of amides is 1. The van der Waals surface area contributed by atoms with E-state index < -0.39 is 20.0 Å². The number of carbonyl (C=O) groups excluding carboxylic acids is 1. The van der Waals surface area contributed by atoms with Crippen LogP contribution in [0.4, 0.5) is 5.69 Å². The van der Waals surface area contributed by atoms with Crippen LogP contribution in [0.2, 0.25) is 0 Å². The zero-order valence-corrected chi connectivity index (χ0v) is 24.0. The van der Waals surface area contributed by atoms with Gasteiger partial charge in [0.25, 0.3) is 0 Å². The highest BCUT2D eigenvalue weighted by Crippen LogP contribution is 2.28. The lowest BCUT2D eigenvalue weighted by atomic mass is 10.2. The fourth-order valence-corrected chi connectivity index (χ4v) is 7.29. The van der Waals surface area contributed by atoms with Crippen molar-refractivity contribution in [3.63, 3.8) is 0 Å². The molecule has 0 bridgehead atoms. The number of carbonyl (C=O) groups is 1. The van der Waals surface area contributed by atoms with E-state index in [1.807, 2.05) is 11.5 Å². The van der Waals surface area contributed by atoms with E-state index in [0.29, 0.717) is 36.0 Å². The zero-order chi connectivity index (χ0) is 27.5. The lowest BCUT2D eigenvalue weighted by Crippen LogP contribution is -2.35. The van der Waals surface area contributed by atoms with Crippen molar-refractivity contribution in [1.29, 1.82) is 0 Å². The van der Waals surface area contributed by atoms with Crippen LogP contribution in [0.1, 0.15) is 44.6 Å². The summed E-state index contributed by atoms with van der Waals surface area (Å²) in [5, 5.41) is 8.71. The molecule has 13 heteroatoms. The Hall–Kier alpha value is -2.45. The first kappa shape index (κ1) is 28.6. The number of sulfonamides is 2. The van der Waals surface area contributed by atoms with Crippen LogP contribution in [0, 0.1) is 6.92 Å². The maximum atomic E-state index is 13.1. The van der Waals surface area contributed by atoms with Crippen molar-refractivity contribution in [2.45, 2.75) is 67.4 Å². The minimum Gasteiger partial charge on any atom is -0.325 e. The normalized spacial score (nSPS) is 15.1. The van der Waals surface area contributed by atoms with E-state index in [1.165, 1.54) is 34.3 Å². The molecule has 10 nitrogen and oxygen atoms in total. The van der Waals surface area contributed by atoms with Crippen molar-refractivity contribution in [1.82, 2.24) is 13.9 Å². The first-order chi connectivity index (χ1) is 18.0. The third-order valence-corrected chi connectivity index (χ3v) is 10.3. The van der Waals surface area contributed by atoms with Crippen molar-refractivity contribution in [3.8, 4) is 0 Å². The molecule has 206 valence electrons. The van der Waals surface area contributed by atoms with Crippen LogP contribution < -0.4 is 10.5 Å². The van der Waals surface area contributed by atoms with Gasteiger partial charge in [-0.3, -0.25) is 4.79 Å². The summed E-state index contributed by atoms with van der Waals surface area (Å²) in [5.74, 6) is -0.259. The summed E-state index contributed by atoms with van der Waals surface area (Å²) in [6.07, 6.45) is 4.56. The summed E-state index contributed by atoms with van der Waals surface area (Å²) in [5.41, 5.74) is 2.46. The number of nitrogens with one attached hydrogen (secondary N) is 1. The first-order valence-electron chi connectivity index (χ1n) is 12.6. The SMILES string of the molecule is CCCCn1c(SCC(=O)Nc2cc(S(=O)(=O)N3CCCCC3)ccc2C)nc2cc(S(N)(=O)=O)ccc21. The highest BCUT2D eigenvalue weighted by atomic mass is 32.2. The van der Waals surface area contributed by atoms with Crippen LogP contribution in [-0.2, 0) is 31.4 Å². The van der Waals surface area contributed by atoms with Crippen LogP contribution >= 0.6 is 11.8 Å². The minimum absolute atomic E-state index is 0.0192. The maximum Gasteiger partial charge on any atom is 0.243 e. The summed E-state index contributed by atoms with van der Waals surface area (Å²) in [7, 11) is -7.49. The number of thioether (sulfide) groups is 1. The molecule has 2 aromatic carbocycles. The molecule has 0 atom stereocenters. The van der Waals surface area contributed by atoms with Gasteiger partial charge in [0, 0.05) is 25.3 Å². The number of benzene rings is 2. The monoisotopic (exact) mass is 579 g/mol. The lowest BCUT2D eigenvalue weighted by Gasteiger charge is -2.26. The van der Waals surface area contributed by atoms with Gasteiger partial charge in [0.05, 0.1) is 26.6 Å². The van der Waals surface area contributed by atoms with Crippen LogP contribution in [0.25, 0.3) is 11.0 Å². The molecule has 3 aromatic rings. The smallest absolute Gasteiger partial charge is 0.243 e. The van der Waals surface area contributed by atoms with Crippen LogP contribution in [0.5, 0.6) is 0 Å². The molecule has 2 heterocycles. The summed E-state index contributed by atoms with van der Waals surface area (Å²) in [6.45, 7) is 5.56. The van der Waals surface area contributed by atoms with Gasteiger partial charge in [-0.15, -0.1) is 0 Å². The van der Waals surface area contributed by atoms with Gasteiger partial charge in [0.2, 0.25) is 26.0 Å². The Bertz CT molecular complexity index is 1540. The first-order valence-corrected chi connectivity index (χ1v) is 16.5. The summed E-state index contributed by atoms with van der Waals surface area (Å²) >= 11 is 1.23. The van der Waals surface area contributed by atoms with E-state index in [1.54, 1.807) is 18.2 Å². The number of nitrogens with zero attached hydrogens (tertiary/aromatic N) is 3. The van der Waals surface area contributed by atoms with Gasteiger partial charge in [0.15, 0.2) is 5.16 Å². The molecule has 1 aliphatic heterocycles. The molecule has 3 N–H and O–H groups in total. The second-order valence-electron chi connectivity index (χ2n) is 9.37. The number of aryl methyl sites for hydroxylation is 2. The van der Waals surface area contributed by atoms with Crippen LogP contribution in [-0.4, -0.2) is 55.4 Å². The summed E-state index contributed by atoms with van der Waals surface area (Å²) < 4.78 is 53.2. The number of piperidine rings is 1. The third kappa shape index (κ3) is 6.40. The van der Waals surface area contributed by atoms with Gasteiger partial charge < -0.3 is 9.88 Å². The molecule has 1 fully saturated rings. The van der Waals surface area contributed by atoms with E-state index in [-0.39, 0.29) is 21.5 Å². The quantitative estimate of drug-likeness (QED) is 0.349. The van der Waals surface area contributed by atoms with Crippen molar-refractivity contribution in [2.24, 2.45) is 5.14 Å². The highest BCUT2D eigenvalue weighted by molar-refractivity contribution is 7.99. The number of hydrogen-bond donors (Lipinski definition) is 2. The number of rotatable bonds is 10. The molecule has 4 rings (SSSR count). The van der Waals surface area contributed by atoms with Crippen molar-refractivity contribution >= 4 is 54.4 Å². The Labute approximate surface area is 228 Å². The number of primary sulfonamides is 1. The fourth-order valence-electron chi connectivity index (χ4n) is 4.37. The standard InChI is InChI=1S/C25H33N5O5S3/c1-3-4-14-30-23-11-10-19(37(26,32)33)15-22(23)28-25(30)36-17-24(31)27-21-16-20(9-8-18(21)2)38(34,35)29-12-6-5-7-13-29/h8-11,15-16H,3-7,12-14,17H2,1-2H3,(H,27,31)(H2,26,32,33). The zero-order valence-electron chi connectivity index (χ0n) is 21.5. The molecule has 1 aliphatic rings. The molecule has 1 amide bonds. The lowest BCUT2D eigenvalue weighted by molar-refractivity contribution is -0.113. The van der Waals surface area contributed by atoms with Crippen molar-refractivity contribution in [3.05, 3.63) is 42.0 Å². The van der Waals surface area contributed by atoms with Gasteiger partial charge in [-0.1, -0.05) is 37.6 Å². The Morgan fingerprint density at radius 2 is 1.76 bits per heavy atom. The van der Waals surface area contributed by atoms with Gasteiger partial charge >= 0.3 is 0 Å². The number of hydrogen-bond acceptors (Lipinski definition) is 7. The van der Waals surface area contributed by atoms with E-state index >= 15 is 0 Å². The fraction of sp³-hybridized carbons (Fsp3) is 0.440. The molecule has 0 unspecified atom stereocenters. The Morgan fingerprint density at radius 1 is 1.05 bits per heavy atom. The van der Waals surface area contributed by atoms with Gasteiger partial charge in [-0.25, -0.2) is 27.0 Å². The van der Waals surface area contributed by atoms with E-state index in [4.69, 9.17) is 5.14 Å². The average molecular weight is 580 g/mol. The van der Waals surface area contributed by atoms with Crippen molar-refractivity contribution in [2.75, 3.05) is 24.2 Å². The number of anilines is 1. The predicted octanol–water partition coefficient (Wildman–Crippen LogP) is 3.70. The second kappa shape index (κ2) is 11.7. The number of unbranched alkanes of at least 4 members (excludes halogenated alkanes) is 1. The minimum atomic E-state index is -3.87. The van der Waals surface area contributed by atoms with E-state index in [9.17, 15) is 21.6 Å². The Kier molecular flexibility index (Phi) is 8.82. The van der Waals surface area contributed by atoms with E-state index in [0.717, 1.165) is 43.2 Å². The molecule has 0 spiro atoms. The average Bonchev–Trinajstić information content (AvgIpc) is 3.24. The molecule has 1 saturated heterocycles. The van der Waals surface area contributed by atoms with Crippen molar-refractivity contribution < 1.29 is 21.6 Å². The number of aromatic nitrogens is 2. The molecule has 0 radical (unpaired) electrons. The highest BCUT2D eigenvalue weighted by Gasteiger charge is 2.26. The number of nitrogens with two attached hydrogens (primary N) is 1. The maximum absolute atomic E-state index is 13.1. The van der Waals surface area contributed by atoms with Gasteiger partial charge in [-0.05, 0) is 62.1 Å². The number of imidazole rings is 1. The molecular formula is C25H33N5O5S3. The Morgan fingerprint density at radius 3 is 2.45 bits per heavy atom. The van der Waals surface area contributed by atoms with Gasteiger partial charge in [0.1, 0.15) is 0 Å². The molecule has 38 heavy (non-hydrogen) atoms. The van der Waals surface area contributed by atoms with Crippen LogP contribution in [0.3, 0.4) is 0 Å². The molecular weight excluding hydrogens is 547 g/mol.